The summed E-state index contributed by atoms with van der Waals surface area (Å²) in [6.45, 7) is 6.99. The van der Waals surface area contributed by atoms with Gasteiger partial charge in [0, 0.05) is 13.1 Å². The van der Waals surface area contributed by atoms with Gasteiger partial charge in [-0.15, -0.1) is 0 Å². The number of anilines is 1. The smallest absolute Gasteiger partial charge is 0.282 e. The first-order chi connectivity index (χ1) is 14.4. The Morgan fingerprint density at radius 3 is 2.10 bits per heavy atom. The highest BCUT2D eigenvalue weighted by molar-refractivity contribution is 6.45. The van der Waals surface area contributed by atoms with Crippen molar-refractivity contribution in [1.82, 2.24) is 4.90 Å². The zero-order valence-electron chi connectivity index (χ0n) is 17.3. The Kier molecular flexibility index (Phi) is 5.15. The molecule has 30 heavy (non-hydrogen) atoms. The fraction of sp³-hybridized carbons (Fsp3) is 0.292. The molecule has 2 unspecified atom stereocenters. The van der Waals surface area contributed by atoms with Gasteiger partial charge < -0.3 is 9.64 Å². The summed E-state index contributed by atoms with van der Waals surface area (Å²) in [5, 5.41) is 9.05. The van der Waals surface area contributed by atoms with Gasteiger partial charge in [0.25, 0.3) is 11.8 Å². The third kappa shape index (κ3) is 3.49. The van der Waals surface area contributed by atoms with Gasteiger partial charge in [0.1, 0.15) is 5.70 Å². The van der Waals surface area contributed by atoms with Crippen LogP contribution in [0.2, 0.25) is 0 Å². The predicted molar refractivity (Wildman–Crippen MR) is 113 cm³/mol. The van der Waals surface area contributed by atoms with Crippen LogP contribution in [0.1, 0.15) is 30.5 Å². The molecule has 0 N–H and O–H groups in total. The molecule has 2 heterocycles. The summed E-state index contributed by atoms with van der Waals surface area (Å²) in [4.78, 5) is 30.2. The van der Waals surface area contributed by atoms with Crippen molar-refractivity contribution in [2.24, 2.45) is 0 Å². The van der Waals surface area contributed by atoms with Gasteiger partial charge in [-0.2, -0.15) is 5.26 Å². The number of nitrogens with zero attached hydrogens (tertiary/aromatic N) is 3. The number of rotatable bonds is 3. The average molecular weight is 401 g/mol. The number of ether oxygens (including phenoxy) is 1. The fourth-order valence-electron chi connectivity index (χ4n) is 4.07. The van der Waals surface area contributed by atoms with Crippen LogP contribution in [0.3, 0.4) is 0 Å². The zero-order chi connectivity index (χ0) is 21.4. The van der Waals surface area contributed by atoms with E-state index < -0.39 is 0 Å². The van der Waals surface area contributed by atoms with Crippen LogP contribution in [0.15, 0.2) is 54.2 Å². The van der Waals surface area contributed by atoms with Gasteiger partial charge in [0.2, 0.25) is 0 Å². The van der Waals surface area contributed by atoms with Crippen LogP contribution in [0.5, 0.6) is 0 Å². The van der Waals surface area contributed by atoms with Gasteiger partial charge in [-0.1, -0.05) is 29.8 Å². The largest absolute Gasteiger partial charge is 0.372 e. The number of nitriles is 1. The Morgan fingerprint density at radius 1 is 0.933 bits per heavy atom. The second-order valence-electron chi connectivity index (χ2n) is 7.86. The molecule has 2 atom stereocenters. The molecule has 1 fully saturated rings. The maximum atomic E-state index is 13.5. The van der Waals surface area contributed by atoms with Crippen molar-refractivity contribution < 1.29 is 14.3 Å². The zero-order valence-corrected chi connectivity index (χ0v) is 17.3. The van der Waals surface area contributed by atoms with E-state index in [1.807, 2.05) is 49.9 Å². The van der Waals surface area contributed by atoms with Gasteiger partial charge in [-0.25, -0.2) is 4.90 Å². The second kappa shape index (κ2) is 7.77. The van der Waals surface area contributed by atoms with E-state index in [0.717, 1.165) is 11.1 Å². The second-order valence-corrected chi connectivity index (χ2v) is 7.86. The number of hydrogen-bond acceptors (Lipinski definition) is 5. The highest BCUT2D eigenvalue weighted by atomic mass is 16.5. The predicted octanol–water partition coefficient (Wildman–Crippen LogP) is 3.26. The van der Waals surface area contributed by atoms with Crippen molar-refractivity contribution in [2.45, 2.75) is 33.0 Å². The maximum Gasteiger partial charge on any atom is 0.282 e. The first-order valence-electron chi connectivity index (χ1n) is 9.99. The lowest BCUT2D eigenvalue weighted by Crippen LogP contribution is -2.47. The molecule has 2 aliphatic rings. The molecule has 2 aliphatic heterocycles. The monoisotopic (exact) mass is 401 g/mol. The molecule has 0 spiro atoms. The summed E-state index contributed by atoms with van der Waals surface area (Å²) in [7, 11) is 0. The number of amides is 2. The summed E-state index contributed by atoms with van der Waals surface area (Å²) in [5.74, 6) is -0.697. The molecule has 2 aromatic carbocycles. The minimum Gasteiger partial charge on any atom is -0.372 e. The Labute approximate surface area is 176 Å². The molecule has 2 amide bonds. The molecular formula is C24H23N3O3. The van der Waals surface area contributed by atoms with E-state index >= 15 is 0 Å². The Morgan fingerprint density at radius 2 is 1.53 bits per heavy atom. The van der Waals surface area contributed by atoms with Crippen molar-refractivity contribution in [2.75, 3.05) is 18.0 Å². The molecule has 152 valence electrons. The van der Waals surface area contributed by atoms with E-state index in [4.69, 9.17) is 10.00 Å². The van der Waals surface area contributed by atoms with Crippen molar-refractivity contribution >= 4 is 23.1 Å². The number of morpholine rings is 1. The van der Waals surface area contributed by atoms with Crippen molar-refractivity contribution in [1.29, 1.82) is 5.26 Å². The maximum absolute atomic E-state index is 13.5. The summed E-state index contributed by atoms with van der Waals surface area (Å²) >= 11 is 0. The van der Waals surface area contributed by atoms with E-state index in [1.54, 1.807) is 24.3 Å². The van der Waals surface area contributed by atoms with Crippen LogP contribution >= 0.6 is 0 Å². The van der Waals surface area contributed by atoms with E-state index in [1.165, 1.54) is 4.90 Å². The number of carbonyl (C=O) groups is 2. The number of carbonyl (C=O) groups excluding carboxylic acids is 2. The van der Waals surface area contributed by atoms with Crippen LogP contribution in [0.25, 0.3) is 5.57 Å². The van der Waals surface area contributed by atoms with E-state index in [-0.39, 0.29) is 24.0 Å². The number of hydrogen-bond donors (Lipinski definition) is 0. The Bertz CT molecular complexity index is 1050. The summed E-state index contributed by atoms with van der Waals surface area (Å²) < 4.78 is 5.83. The van der Waals surface area contributed by atoms with Crippen LogP contribution in [0.4, 0.5) is 5.69 Å². The van der Waals surface area contributed by atoms with E-state index in [9.17, 15) is 9.59 Å². The molecule has 0 saturated carbocycles. The summed E-state index contributed by atoms with van der Waals surface area (Å²) in [6.07, 6.45) is -0.0974. The molecular weight excluding hydrogens is 378 g/mol. The molecule has 6 nitrogen and oxygen atoms in total. The Balaban J connectivity index is 1.81. The van der Waals surface area contributed by atoms with Crippen LogP contribution in [-0.4, -0.2) is 42.0 Å². The molecule has 4 rings (SSSR count). The van der Waals surface area contributed by atoms with Gasteiger partial charge >= 0.3 is 0 Å². The van der Waals surface area contributed by atoms with Gasteiger partial charge in [0.15, 0.2) is 0 Å². The first kappa shape index (κ1) is 19.9. The Hall–Kier alpha value is -3.43. The van der Waals surface area contributed by atoms with Crippen LogP contribution in [0, 0.1) is 18.3 Å². The molecule has 0 aliphatic carbocycles. The standard InChI is InChI=1S/C24H23N3O3/c1-15-4-8-19(9-5-15)21-22(26-13-16(2)30-17(3)14-26)24(29)27(23(21)28)20-10-6-18(12-25)7-11-20/h4-11,16-17H,13-14H2,1-3H3. The average Bonchev–Trinajstić information content (AvgIpc) is 2.98. The quantitative estimate of drug-likeness (QED) is 0.738. The first-order valence-corrected chi connectivity index (χ1v) is 9.99. The van der Waals surface area contributed by atoms with E-state index in [2.05, 4.69) is 6.07 Å². The van der Waals surface area contributed by atoms with Crippen molar-refractivity contribution in [3.63, 3.8) is 0 Å². The topological polar surface area (TPSA) is 73.6 Å². The van der Waals surface area contributed by atoms with Crippen molar-refractivity contribution in [3.8, 4) is 6.07 Å². The molecule has 1 saturated heterocycles. The lowest BCUT2D eigenvalue weighted by Gasteiger charge is -2.37. The van der Waals surface area contributed by atoms with E-state index in [0.29, 0.717) is 35.6 Å². The summed E-state index contributed by atoms with van der Waals surface area (Å²) in [5.41, 5.74) is 3.55. The van der Waals surface area contributed by atoms with Crippen LogP contribution < -0.4 is 4.90 Å². The highest BCUT2D eigenvalue weighted by Crippen LogP contribution is 2.36. The van der Waals surface area contributed by atoms with Crippen molar-refractivity contribution in [3.05, 3.63) is 70.9 Å². The van der Waals surface area contributed by atoms with Crippen LogP contribution in [-0.2, 0) is 14.3 Å². The molecule has 2 aromatic rings. The molecule has 0 bridgehead atoms. The number of benzene rings is 2. The SMILES string of the molecule is Cc1ccc(C2=C(N3CC(C)OC(C)C3)C(=O)N(c3ccc(C#N)cc3)C2=O)cc1. The van der Waals surface area contributed by atoms with Gasteiger partial charge in [-0.3, -0.25) is 9.59 Å². The summed E-state index contributed by atoms with van der Waals surface area (Å²) in [6, 6.07) is 16.2. The third-order valence-electron chi connectivity index (χ3n) is 5.39. The third-order valence-corrected chi connectivity index (χ3v) is 5.39. The minimum atomic E-state index is -0.352. The number of aryl methyl sites for hydroxylation is 1. The normalized spacial score (nSPS) is 21.9. The van der Waals surface area contributed by atoms with Gasteiger partial charge in [0.05, 0.1) is 35.1 Å². The lowest BCUT2D eigenvalue weighted by atomic mass is 10.0. The lowest BCUT2D eigenvalue weighted by molar-refractivity contribution is -0.121. The highest BCUT2D eigenvalue weighted by Gasteiger charge is 2.43. The molecule has 0 aromatic heterocycles. The molecule has 6 heteroatoms. The number of imide groups is 1. The van der Waals surface area contributed by atoms with Gasteiger partial charge in [-0.05, 0) is 50.6 Å². The minimum absolute atomic E-state index is 0.0487. The molecule has 0 radical (unpaired) electrons. The fourth-order valence-corrected chi connectivity index (χ4v) is 4.07.